The predicted octanol–water partition coefficient (Wildman–Crippen LogP) is 1.87. The number of nitrogens with two attached hydrogens (primary N) is 1. The van der Waals surface area contributed by atoms with Crippen LogP contribution in [0.5, 0.6) is 0 Å². The average Bonchev–Trinajstić information content (AvgIpc) is 2.89. The van der Waals surface area contributed by atoms with Crippen LogP contribution in [-0.4, -0.2) is 11.8 Å². The molecule has 1 aromatic carbocycles. The van der Waals surface area contributed by atoms with Gasteiger partial charge in [-0.3, -0.25) is 9.59 Å². The van der Waals surface area contributed by atoms with Crippen LogP contribution in [0.15, 0.2) is 18.2 Å². The van der Waals surface area contributed by atoms with Crippen LogP contribution >= 0.6 is 0 Å². The summed E-state index contributed by atoms with van der Waals surface area (Å²) >= 11 is 0. The number of rotatable bonds is 1. The van der Waals surface area contributed by atoms with E-state index in [1.807, 2.05) is 13.0 Å². The molecule has 2 N–H and O–H groups in total. The molecule has 1 aromatic rings. The lowest BCUT2D eigenvalue weighted by molar-refractivity contribution is -0.122. The van der Waals surface area contributed by atoms with E-state index in [4.69, 9.17) is 5.73 Å². The summed E-state index contributed by atoms with van der Waals surface area (Å²) in [6.45, 7) is 1.89. The Hall–Kier alpha value is -1.84. The monoisotopic (exact) mass is 244 g/mol. The van der Waals surface area contributed by atoms with Crippen molar-refractivity contribution < 1.29 is 9.59 Å². The van der Waals surface area contributed by atoms with E-state index in [9.17, 15) is 9.59 Å². The van der Waals surface area contributed by atoms with Gasteiger partial charge in [0.1, 0.15) is 0 Å². The SMILES string of the molecule is Cc1ccc(N)cc1N1C(=O)C2CCCC2C1=O. The number of amides is 2. The molecule has 2 unspecified atom stereocenters. The molecule has 0 radical (unpaired) electrons. The van der Waals surface area contributed by atoms with Crippen molar-refractivity contribution >= 4 is 23.2 Å². The van der Waals surface area contributed by atoms with Gasteiger partial charge >= 0.3 is 0 Å². The molecule has 3 rings (SSSR count). The van der Waals surface area contributed by atoms with E-state index in [0.29, 0.717) is 11.4 Å². The third-order valence-electron chi connectivity index (χ3n) is 4.07. The topological polar surface area (TPSA) is 63.4 Å². The molecule has 4 nitrogen and oxygen atoms in total. The highest BCUT2D eigenvalue weighted by Crippen LogP contribution is 2.42. The molecular weight excluding hydrogens is 228 g/mol. The second-order valence-corrected chi connectivity index (χ2v) is 5.20. The van der Waals surface area contributed by atoms with Crippen LogP contribution in [0.4, 0.5) is 11.4 Å². The lowest BCUT2D eigenvalue weighted by Crippen LogP contribution is -2.32. The predicted molar refractivity (Wildman–Crippen MR) is 68.9 cm³/mol. The highest BCUT2D eigenvalue weighted by atomic mass is 16.2. The molecular formula is C14H16N2O2. The maximum Gasteiger partial charge on any atom is 0.237 e. The van der Waals surface area contributed by atoms with Gasteiger partial charge in [-0.15, -0.1) is 0 Å². The van der Waals surface area contributed by atoms with Crippen molar-refractivity contribution in [1.82, 2.24) is 0 Å². The molecule has 1 aliphatic carbocycles. The van der Waals surface area contributed by atoms with Gasteiger partial charge in [0.2, 0.25) is 11.8 Å². The Morgan fingerprint density at radius 1 is 1.17 bits per heavy atom. The average molecular weight is 244 g/mol. The molecule has 1 heterocycles. The van der Waals surface area contributed by atoms with Crippen LogP contribution < -0.4 is 10.6 Å². The highest BCUT2D eigenvalue weighted by Gasteiger charge is 2.50. The smallest absolute Gasteiger partial charge is 0.237 e. The number of carbonyl (C=O) groups excluding carboxylic acids is 2. The van der Waals surface area contributed by atoms with Gasteiger partial charge < -0.3 is 5.73 Å². The molecule has 18 heavy (non-hydrogen) atoms. The molecule has 2 atom stereocenters. The minimum absolute atomic E-state index is 0.0452. The number of nitrogen functional groups attached to an aromatic ring is 1. The molecule has 2 fully saturated rings. The van der Waals surface area contributed by atoms with Gasteiger partial charge in [-0.1, -0.05) is 12.5 Å². The minimum Gasteiger partial charge on any atom is -0.399 e. The Kier molecular flexibility index (Phi) is 2.40. The largest absolute Gasteiger partial charge is 0.399 e. The molecule has 4 heteroatoms. The molecule has 94 valence electrons. The van der Waals surface area contributed by atoms with E-state index in [1.165, 1.54) is 4.90 Å². The number of imide groups is 1. The Morgan fingerprint density at radius 3 is 2.39 bits per heavy atom. The molecule has 1 saturated carbocycles. The van der Waals surface area contributed by atoms with E-state index >= 15 is 0 Å². The van der Waals surface area contributed by atoms with Crippen LogP contribution in [0.25, 0.3) is 0 Å². The van der Waals surface area contributed by atoms with Crippen molar-refractivity contribution in [1.29, 1.82) is 0 Å². The van der Waals surface area contributed by atoms with E-state index in [1.54, 1.807) is 12.1 Å². The summed E-state index contributed by atoms with van der Waals surface area (Å²) in [4.78, 5) is 26.0. The van der Waals surface area contributed by atoms with E-state index in [2.05, 4.69) is 0 Å². The molecule has 2 aliphatic rings. The number of hydrogen-bond acceptors (Lipinski definition) is 3. The Morgan fingerprint density at radius 2 is 1.78 bits per heavy atom. The van der Waals surface area contributed by atoms with Crippen molar-refractivity contribution in [2.45, 2.75) is 26.2 Å². The zero-order valence-electron chi connectivity index (χ0n) is 10.3. The number of hydrogen-bond donors (Lipinski definition) is 1. The van der Waals surface area contributed by atoms with Gasteiger partial charge in [0.25, 0.3) is 0 Å². The Bertz CT molecular complexity index is 517. The van der Waals surface area contributed by atoms with Gasteiger partial charge in [-0.25, -0.2) is 4.90 Å². The van der Waals surface area contributed by atoms with Gasteiger partial charge in [-0.05, 0) is 37.5 Å². The fraction of sp³-hybridized carbons (Fsp3) is 0.429. The van der Waals surface area contributed by atoms with E-state index in [-0.39, 0.29) is 23.7 Å². The van der Waals surface area contributed by atoms with Crippen LogP contribution in [0.3, 0.4) is 0 Å². The Balaban J connectivity index is 2.05. The van der Waals surface area contributed by atoms with Gasteiger partial charge in [0, 0.05) is 5.69 Å². The number of benzene rings is 1. The molecule has 0 spiro atoms. The van der Waals surface area contributed by atoms with Gasteiger partial charge in [-0.2, -0.15) is 0 Å². The van der Waals surface area contributed by atoms with E-state index in [0.717, 1.165) is 24.8 Å². The summed E-state index contributed by atoms with van der Waals surface area (Å²) in [6, 6.07) is 5.34. The van der Waals surface area contributed by atoms with Crippen LogP contribution in [0.2, 0.25) is 0 Å². The lowest BCUT2D eigenvalue weighted by atomic mass is 10.00. The quantitative estimate of drug-likeness (QED) is 0.606. The zero-order chi connectivity index (χ0) is 12.9. The normalized spacial score (nSPS) is 26.8. The first-order valence-electron chi connectivity index (χ1n) is 6.33. The number of aryl methyl sites for hydroxylation is 1. The van der Waals surface area contributed by atoms with Gasteiger partial charge in [0.15, 0.2) is 0 Å². The van der Waals surface area contributed by atoms with Crippen molar-refractivity contribution in [3.63, 3.8) is 0 Å². The molecule has 0 aromatic heterocycles. The minimum atomic E-state index is -0.0988. The maximum atomic E-state index is 12.3. The van der Waals surface area contributed by atoms with Crippen molar-refractivity contribution in [2.24, 2.45) is 11.8 Å². The second kappa shape index (κ2) is 3.83. The van der Waals surface area contributed by atoms with Crippen LogP contribution in [0.1, 0.15) is 24.8 Å². The lowest BCUT2D eigenvalue weighted by Gasteiger charge is -2.18. The molecule has 1 saturated heterocycles. The van der Waals surface area contributed by atoms with Gasteiger partial charge in [0.05, 0.1) is 17.5 Å². The number of carbonyl (C=O) groups is 2. The van der Waals surface area contributed by atoms with Crippen molar-refractivity contribution in [2.75, 3.05) is 10.6 Å². The summed E-state index contributed by atoms with van der Waals surface area (Å²) in [6.07, 6.45) is 2.66. The first-order chi connectivity index (χ1) is 8.59. The summed E-state index contributed by atoms with van der Waals surface area (Å²) in [5, 5.41) is 0. The summed E-state index contributed by atoms with van der Waals surface area (Å²) in [5.74, 6) is -0.288. The first kappa shape index (κ1) is 11.3. The molecule has 2 amide bonds. The fourth-order valence-corrected chi connectivity index (χ4v) is 3.10. The van der Waals surface area contributed by atoms with Crippen molar-refractivity contribution in [3.8, 4) is 0 Å². The summed E-state index contributed by atoms with van der Waals surface area (Å²) < 4.78 is 0. The number of anilines is 2. The third-order valence-corrected chi connectivity index (χ3v) is 4.07. The maximum absolute atomic E-state index is 12.3. The molecule has 1 aliphatic heterocycles. The van der Waals surface area contributed by atoms with E-state index < -0.39 is 0 Å². The summed E-state index contributed by atoms with van der Waals surface area (Å²) in [5.41, 5.74) is 7.89. The first-order valence-corrected chi connectivity index (χ1v) is 6.33. The summed E-state index contributed by atoms with van der Waals surface area (Å²) in [7, 11) is 0. The van der Waals surface area contributed by atoms with Crippen LogP contribution in [-0.2, 0) is 9.59 Å². The third kappa shape index (κ3) is 1.45. The van der Waals surface area contributed by atoms with Crippen molar-refractivity contribution in [3.05, 3.63) is 23.8 Å². The number of nitrogens with zero attached hydrogens (tertiary/aromatic N) is 1. The standard InChI is InChI=1S/C14H16N2O2/c1-8-5-6-9(15)7-12(8)16-13(17)10-3-2-4-11(10)14(16)18/h5-7,10-11H,2-4,15H2,1H3. The second-order valence-electron chi connectivity index (χ2n) is 5.20. The molecule has 0 bridgehead atoms. The van der Waals surface area contributed by atoms with Crippen LogP contribution in [0, 0.1) is 18.8 Å². The fourth-order valence-electron chi connectivity index (χ4n) is 3.10. The number of fused-ring (bicyclic) bond motifs is 1. The Labute approximate surface area is 106 Å². The zero-order valence-corrected chi connectivity index (χ0v) is 10.3. The highest BCUT2D eigenvalue weighted by molar-refractivity contribution is 6.22.